The predicted molar refractivity (Wildman–Crippen MR) is 56.0 cm³/mol. The second kappa shape index (κ2) is 5.43. The van der Waals surface area contributed by atoms with Crippen molar-refractivity contribution in [1.29, 1.82) is 0 Å². The Balaban J connectivity index is 2.12. The van der Waals surface area contributed by atoms with Crippen LogP contribution in [0.3, 0.4) is 0 Å². The molecule has 0 aromatic rings. The van der Waals surface area contributed by atoms with E-state index in [2.05, 4.69) is 0 Å². The van der Waals surface area contributed by atoms with Gasteiger partial charge in [-0.25, -0.2) is 0 Å². The molecule has 1 rings (SSSR count). The van der Waals surface area contributed by atoms with Crippen LogP contribution in [0.4, 0.5) is 0 Å². The Hall–Kier alpha value is -0.310. The molecule has 0 saturated carbocycles. The lowest BCUT2D eigenvalue weighted by Gasteiger charge is -2.07. The molecular weight excluding hydrogens is 184 g/mol. The minimum atomic E-state index is -0.575. The summed E-state index contributed by atoms with van der Waals surface area (Å²) < 4.78 is 16.7. The first-order chi connectivity index (χ1) is 6.20. The highest BCUT2D eigenvalue weighted by Gasteiger charge is 2.22. The first-order valence-electron chi connectivity index (χ1n) is 4.82. The Bertz CT molecular complexity index is 207. The molecule has 0 radical (unpaired) electrons. The summed E-state index contributed by atoms with van der Waals surface area (Å²) in [7, 11) is -0.575. The van der Waals surface area contributed by atoms with Gasteiger partial charge in [0, 0.05) is 21.8 Å². The Kier molecular flexibility index (Phi) is 4.50. The topological polar surface area (TPSA) is 26.3 Å². The van der Waals surface area contributed by atoms with Gasteiger partial charge in [-0.3, -0.25) is 4.21 Å². The summed E-state index contributed by atoms with van der Waals surface area (Å²) in [4.78, 5) is 0. The second-order valence-corrected chi connectivity index (χ2v) is 5.54. The second-order valence-electron chi connectivity index (χ2n) is 3.70. The quantitative estimate of drug-likeness (QED) is 0.516. The summed E-state index contributed by atoms with van der Waals surface area (Å²) in [6.45, 7) is 4.73. The molecule has 3 heteroatoms. The van der Waals surface area contributed by atoms with E-state index in [1.165, 1.54) is 5.57 Å². The van der Waals surface area contributed by atoms with Crippen LogP contribution >= 0.6 is 0 Å². The van der Waals surface area contributed by atoms with Gasteiger partial charge in [-0.15, -0.1) is 0 Å². The van der Waals surface area contributed by atoms with Gasteiger partial charge >= 0.3 is 0 Å². The summed E-state index contributed by atoms with van der Waals surface area (Å²) in [5.74, 6) is 0.896. The van der Waals surface area contributed by atoms with Gasteiger partial charge in [-0.05, 0) is 38.7 Å². The molecule has 0 bridgehead atoms. The van der Waals surface area contributed by atoms with Gasteiger partial charge in [0.05, 0.1) is 12.9 Å². The van der Waals surface area contributed by atoms with E-state index in [9.17, 15) is 4.21 Å². The van der Waals surface area contributed by atoms with Crippen molar-refractivity contribution in [3.05, 3.63) is 11.8 Å². The van der Waals surface area contributed by atoms with Crippen LogP contribution in [0.15, 0.2) is 11.8 Å². The average Bonchev–Trinajstić information content (AvgIpc) is 2.45. The van der Waals surface area contributed by atoms with E-state index in [1.54, 1.807) is 6.26 Å². The van der Waals surface area contributed by atoms with Crippen molar-refractivity contribution in [3.8, 4) is 0 Å². The Morgan fingerprint density at radius 1 is 1.62 bits per heavy atom. The molecular formula is C10H18O2S. The van der Waals surface area contributed by atoms with Gasteiger partial charge in [0.1, 0.15) is 0 Å². The van der Waals surface area contributed by atoms with E-state index in [-0.39, 0.29) is 0 Å². The van der Waals surface area contributed by atoms with E-state index >= 15 is 0 Å². The van der Waals surface area contributed by atoms with Crippen LogP contribution < -0.4 is 0 Å². The van der Waals surface area contributed by atoms with Crippen molar-refractivity contribution in [1.82, 2.24) is 0 Å². The molecule has 1 aliphatic heterocycles. The van der Waals surface area contributed by atoms with Crippen LogP contribution in [0.1, 0.15) is 33.1 Å². The SMILES string of the molecule is CC(C)=COCCC1CCCS1=O. The third kappa shape index (κ3) is 3.94. The summed E-state index contributed by atoms with van der Waals surface area (Å²) in [5, 5.41) is 0.394. The molecule has 76 valence electrons. The maximum absolute atomic E-state index is 11.3. The molecule has 1 heterocycles. The van der Waals surface area contributed by atoms with E-state index < -0.39 is 10.8 Å². The number of rotatable bonds is 4. The van der Waals surface area contributed by atoms with Crippen molar-refractivity contribution in [2.75, 3.05) is 12.4 Å². The third-order valence-electron chi connectivity index (χ3n) is 2.12. The zero-order valence-corrected chi connectivity index (χ0v) is 9.23. The first kappa shape index (κ1) is 10.8. The zero-order chi connectivity index (χ0) is 9.68. The third-order valence-corrected chi connectivity index (χ3v) is 4.03. The standard InChI is InChI=1S/C10H18O2S/c1-9(2)8-12-6-5-10-4-3-7-13(10)11/h8,10H,3-7H2,1-2H3. The van der Waals surface area contributed by atoms with Crippen LogP contribution in [0.25, 0.3) is 0 Å². The molecule has 0 spiro atoms. The smallest absolute Gasteiger partial charge is 0.0884 e. The van der Waals surface area contributed by atoms with Crippen molar-refractivity contribution < 1.29 is 8.95 Å². The minimum absolute atomic E-state index is 0.394. The van der Waals surface area contributed by atoms with E-state index in [1.807, 2.05) is 13.8 Å². The maximum atomic E-state index is 11.3. The van der Waals surface area contributed by atoms with Crippen molar-refractivity contribution >= 4 is 10.8 Å². The largest absolute Gasteiger partial charge is 0.501 e. The normalized spacial score (nSPS) is 27.2. The van der Waals surface area contributed by atoms with Crippen molar-refractivity contribution in [2.24, 2.45) is 0 Å². The molecule has 2 nitrogen and oxygen atoms in total. The molecule has 2 atom stereocenters. The van der Waals surface area contributed by atoms with Gasteiger partial charge in [0.25, 0.3) is 0 Å². The molecule has 1 aliphatic rings. The van der Waals surface area contributed by atoms with Crippen molar-refractivity contribution in [3.63, 3.8) is 0 Å². The van der Waals surface area contributed by atoms with Gasteiger partial charge in [0.2, 0.25) is 0 Å². The fraction of sp³-hybridized carbons (Fsp3) is 0.800. The fourth-order valence-corrected chi connectivity index (χ4v) is 3.03. The number of hydrogen-bond acceptors (Lipinski definition) is 2. The Morgan fingerprint density at radius 3 is 2.92 bits per heavy atom. The highest BCUT2D eigenvalue weighted by molar-refractivity contribution is 7.85. The zero-order valence-electron chi connectivity index (χ0n) is 8.41. The highest BCUT2D eigenvalue weighted by Crippen LogP contribution is 2.18. The van der Waals surface area contributed by atoms with E-state index in [4.69, 9.17) is 4.74 Å². The van der Waals surface area contributed by atoms with Crippen molar-refractivity contribution in [2.45, 2.75) is 38.4 Å². The molecule has 13 heavy (non-hydrogen) atoms. The Morgan fingerprint density at radius 2 is 2.38 bits per heavy atom. The Labute approximate surface area is 82.8 Å². The molecule has 1 saturated heterocycles. The lowest BCUT2D eigenvalue weighted by atomic mass is 10.2. The lowest BCUT2D eigenvalue weighted by Crippen LogP contribution is -2.11. The fourth-order valence-electron chi connectivity index (χ4n) is 1.45. The van der Waals surface area contributed by atoms with E-state index in [0.29, 0.717) is 11.9 Å². The van der Waals surface area contributed by atoms with Gasteiger partial charge < -0.3 is 4.74 Å². The molecule has 0 amide bonds. The molecule has 0 aromatic heterocycles. The van der Waals surface area contributed by atoms with Crippen LogP contribution in [-0.2, 0) is 15.5 Å². The maximum Gasteiger partial charge on any atom is 0.0884 e. The summed E-state index contributed by atoms with van der Waals surface area (Å²) in [6, 6.07) is 0. The monoisotopic (exact) mass is 202 g/mol. The predicted octanol–water partition coefficient (Wildman–Crippen LogP) is 2.23. The number of hydrogen-bond donors (Lipinski definition) is 0. The summed E-state index contributed by atoms with van der Waals surface area (Å²) in [6.07, 6.45) is 4.96. The summed E-state index contributed by atoms with van der Waals surface area (Å²) >= 11 is 0. The summed E-state index contributed by atoms with van der Waals surface area (Å²) in [5.41, 5.74) is 1.17. The molecule has 0 N–H and O–H groups in total. The van der Waals surface area contributed by atoms with Gasteiger partial charge in [-0.1, -0.05) is 0 Å². The van der Waals surface area contributed by atoms with Gasteiger partial charge in [0.15, 0.2) is 0 Å². The first-order valence-corrected chi connectivity index (χ1v) is 6.20. The minimum Gasteiger partial charge on any atom is -0.501 e. The van der Waals surface area contributed by atoms with E-state index in [0.717, 1.165) is 25.0 Å². The number of ether oxygens (including phenoxy) is 1. The molecule has 0 aromatic carbocycles. The van der Waals surface area contributed by atoms with Crippen LogP contribution in [0.2, 0.25) is 0 Å². The van der Waals surface area contributed by atoms with Gasteiger partial charge in [-0.2, -0.15) is 0 Å². The van der Waals surface area contributed by atoms with Crippen LogP contribution in [-0.4, -0.2) is 21.8 Å². The highest BCUT2D eigenvalue weighted by atomic mass is 32.2. The van der Waals surface area contributed by atoms with Crippen LogP contribution in [0, 0.1) is 0 Å². The molecule has 1 fully saturated rings. The molecule has 2 unspecified atom stereocenters. The number of allylic oxidation sites excluding steroid dienone is 1. The average molecular weight is 202 g/mol. The lowest BCUT2D eigenvalue weighted by molar-refractivity contribution is 0.240. The van der Waals surface area contributed by atoms with Crippen LogP contribution in [0.5, 0.6) is 0 Å². The molecule has 0 aliphatic carbocycles.